The van der Waals surface area contributed by atoms with E-state index in [9.17, 15) is 26.6 Å². The number of hydrogen-bond donors (Lipinski definition) is 0. The van der Waals surface area contributed by atoms with Crippen molar-refractivity contribution in [2.75, 3.05) is 26.2 Å². The average molecular weight is 589 g/mol. The van der Waals surface area contributed by atoms with Gasteiger partial charge in [0, 0.05) is 26.2 Å². The van der Waals surface area contributed by atoms with Gasteiger partial charge in [0.25, 0.3) is 0 Å². The monoisotopic (exact) mass is 588 g/mol. The maximum absolute atomic E-state index is 13.6. The summed E-state index contributed by atoms with van der Waals surface area (Å²) in [6.45, 7) is 9.67. The van der Waals surface area contributed by atoms with Crippen molar-refractivity contribution in [3.63, 3.8) is 0 Å². The summed E-state index contributed by atoms with van der Waals surface area (Å²) in [5.41, 5.74) is 1.28. The van der Waals surface area contributed by atoms with Gasteiger partial charge in [0.1, 0.15) is 12.1 Å². The standard InChI is InChI=1S/C28H36N4O6S2/c1-17-9-18(2)14-31(13-17)39(35,36)21-5-7-23-25(11-21)28(30-34)26-12-22(6-8-24(26)27(23)29-33)40(37,38)32-15-19(3)10-20(4)16-32/h5-8,11-12,17-20,27-28H,9-10,13-16H2,1-4H3. The molecule has 40 heavy (non-hydrogen) atoms. The van der Waals surface area contributed by atoms with E-state index in [4.69, 9.17) is 0 Å². The van der Waals surface area contributed by atoms with Gasteiger partial charge < -0.3 is 0 Å². The van der Waals surface area contributed by atoms with E-state index in [1.165, 1.54) is 45.0 Å². The van der Waals surface area contributed by atoms with Crippen LogP contribution in [0.1, 0.15) is 74.9 Å². The van der Waals surface area contributed by atoms with E-state index >= 15 is 0 Å². The van der Waals surface area contributed by atoms with Gasteiger partial charge in [-0.1, -0.05) is 50.2 Å². The normalized spacial score (nSPS) is 29.8. The van der Waals surface area contributed by atoms with Crippen molar-refractivity contribution in [2.24, 2.45) is 34.0 Å². The van der Waals surface area contributed by atoms with Gasteiger partial charge in [-0.15, -0.1) is 9.81 Å². The summed E-state index contributed by atoms with van der Waals surface area (Å²) in [5.74, 6) is 0.842. The Kier molecular flexibility index (Phi) is 7.75. The zero-order valence-corrected chi connectivity index (χ0v) is 24.9. The molecule has 216 valence electrons. The third kappa shape index (κ3) is 5.03. The molecular formula is C28H36N4O6S2. The summed E-state index contributed by atoms with van der Waals surface area (Å²) in [5, 5.41) is 6.60. The number of nitroso groups, excluding NO2 is 2. The zero-order chi connectivity index (χ0) is 29.0. The highest BCUT2D eigenvalue weighted by Crippen LogP contribution is 2.46. The molecule has 2 aromatic carbocycles. The minimum absolute atomic E-state index is 0.00867. The highest BCUT2D eigenvalue weighted by molar-refractivity contribution is 7.89. The van der Waals surface area contributed by atoms with Gasteiger partial charge in [0.15, 0.2) is 0 Å². The van der Waals surface area contributed by atoms with Crippen molar-refractivity contribution >= 4 is 20.0 Å². The van der Waals surface area contributed by atoms with Crippen LogP contribution >= 0.6 is 0 Å². The zero-order valence-electron chi connectivity index (χ0n) is 23.2. The van der Waals surface area contributed by atoms with Crippen LogP contribution in [0.15, 0.2) is 56.5 Å². The molecular weight excluding hydrogens is 552 g/mol. The lowest BCUT2D eigenvalue weighted by Gasteiger charge is -2.35. The van der Waals surface area contributed by atoms with E-state index in [1.54, 1.807) is 0 Å². The molecule has 4 unspecified atom stereocenters. The van der Waals surface area contributed by atoms with Crippen LogP contribution in [0.3, 0.4) is 0 Å². The summed E-state index contributed by atoms with van der Waals surface area (Å²) < 4.78 is 57.4. The summed E-state index contributed by atoms with van der Waals surface area (Å²) in [7, 11) is -7.75. The van der Waals surface area contributed by atoms with Crippen molar-refractivity contribution in [1.29, 1.82) is 0 Å². The number of sulfonamides is 2. The van der Waals surface area contributed by atoms with Crippen molar-refractivity contribution in [2.45, 2.75) is 62.4 Å². The topological polar surface area (TPSA) is 134 Å². The Labute approximate surface area is 236 Å². The van der Waals surface area contributed by atoms with Gasteiger partial charge in [0.05, 0.1) is 9.79 Å². The summed E-state index contributed by atoms with van der Waals surface area (Å²) >= 11 is 0. The number of rotatable bonds is 6. The Morgan fingerprint density at radius 3 is 1.23 bits per heavy atom. The number of nitrogens with zero attached hydrogens (tertiary/aromatic N) is 4. The van der Waals surface area contributed by atoms with Crippen molar-refractivity contribution in [3.8, 4) is 0 Å². The van der Waals surface area contributed by atoms with Gasteiger partial charge in [-0.2, -0.15) is 8.61 Å². The molecule has 5 rings (SSSR count). The lowest BCUT2D eigenvalue weighted by Crippen LogP contribution is -2.42. The Hall–Kier alpha value is -2.54. The van der Waals surface area contributed by atoms with Gasteiger partial charge in [-0.25, -0.2) is 16.8 Å². The van der Waals surface area contributed by atoms with Gasteiger partial charge >= 0.3 is 0 Å². The lowest BCUT2D eigenvalue weighted by atomic mass is 9.80. The quantitative estimate of drug-likeness (QED) is 0.434. The van der Waals surface area contributed by atoms with Crippen LogP contribution in [0.4, 0.5) is 0 Å². The highest BCUT2D eigenvalue weighted by atomic mass is 32.2. The van der Waals surface area contributed by atoms with E-state index in [0.717, 1.165) is 12.8 Å². The molecule has 0 saturated carbocycles. The Bertz CT molecular complexity index is 1420. The molecule has 0 amide bonds. The minimum Gasteiger partial charge on any atom is -0.207 e. The Balaban J connectivity index is 1.57. The molecule has 2 heterocycles. The van der Waals surface area contributed by atoms with Gasteiger partial charge in [-0.3, -0.25) is 0 Å². The second kappa shape index (κ2) is 10.7. The largest absolute Gasteiger partial charge is 0.243 e. The molecule has 10 nitrogen and oxygen atoms in total. The first kappa shape index (κ1) is 29.0. The van der Waals surface area contributed by atoms with E-state index in [2.05, 4.69) is 10.4 Å². The SMILES string of the molecule is CC1CC(C)CN(S(=O)(=O)c2ccc3c(c2)C(N=O)c2cc(S(=O)(=O)N4CC(C)CC(C)C4)ccc2C3N=O)C1. The molecule has 2 saturated heterocycles. The first-order valence-corrected chi connectivity index (χ1v) is 16.7. The second-order valence-electron chi connectivity index (χ2n) is 12.1. The van der Waals surface area contributed by atoms with Gasteiger partial charge in [-0.05, 0) is 83.0 Å². The van der Waals surface area contributed by atoms with E-state index < -0.39 is 32.1 Å². The molecule has 12 heteroatoms. The van der Waals surface area contributed by atoms with Crippen LogP contribution in [0.25, 0.3) is 0 Å². The van der Waals surface area contributed by atoms with Crippen LogP contribution in [0.2, 0.25) is 0 Å². The molecule has 0 bridgehead atoms. The first-order chi connectivity index (χ1) is 18.9. The number of benzene rings is 2. The molecule has 0 aromatic heterocycles. The maximum Gasteiger partial charge on any atom is 0.243 e. The van der Waals surface area contributed by atoms with E-state index in [0.29, 0.717) is 37.3 Å². The molecule has 3 aliphatic rings. The smallest absolute Gasteiger partial charge is 0.207 e. The molecule has 4 atom stereocenters. The number of hydrogen-bond acceptors (Lipinski definition) is 8. The number of piperidine rings is 2. The van der Waals surface area contributed by atoms with Crippen LogP contribution in [-0.2, 0) is 20.0 Å². The van der Waals surface area contributed by atoms with Crippen LogP contribution < -0.4 is 0 Å². The predicted octanol–water partition coefficient (Wildman–Crippen LogP) is 5.04. The first-order valence-electron chi connectivity index (χ1n) is 13.8. The summed E-state index contributed by atoms with van der Waals surface area (Å²) in [4.78, 5) is 24.4. The predicted molar refractivity (Wildman–Crippen MR) is 152 cm³/mol. The fourth-order valence-electron chi connectivity index (χ4n) is 6.86. The van der Waals surface area contributed by atoms with E-state index in [1.807, 2.05) is 27.7 Å². The van der Waals surface area contributed by atoms with Crippen LogP contribution in [0, 0.1) is 33.5 Å². The summed E-state index contributed by atoms with van der Waals surface area (Å²) in [6.07, 6.45) is 1.88. The third-order valence-electron chi connectivity index (χ3n) is 8.45. The van der Waals surface area contributed by atoms with Crippen molar-refractivity contribution in [1.82, 2.24) is 8.61 Å². The second-order valence-corrected chi connectivity index (χ2v) is 16.0. The average Bonchev–Trinajstić information content (AvgIpc) is 2.89. The third-order valence-corrected chi connectivity index (χ3v) is 12.1. The summed E-state index contributed by atoms with van der Waals surface area (Å²) in [6, 6.07) is 6.52. The fourth-order valence-corrected chi connectivity index (χ4v) is 10.3. The van der Waals surface area contributed by atoms with Crippen LogP contribution in [0.5, 0.6) is 0 Å². The highest BCUT2D eigenvalue weighted by Gasteiger charge is 2.39. The Morgan fingerprint density at radius 1 is 0.575 bits per heavy atom. The Morgan fingerprint density at radius 2 is 0.900 bits per heavy atom. The molecule has 2 aliphatic heterocycles. The fraction of sp³-hybridized carbons (Fsp3) is 0.571. The molecule has 2 aromatic rings. The van der Waals surface area contributed by atoms with Crippen molar-refractivity contribution < 1.29 is 16.8 Å². The molecule has 2 fully saturated rings. The molecule has 0 radical (unpaired) electrons. The van der Waals surface area contributed by atoms with E-state index in [-0.39, 0.29) is 44.6 Å². The van der Waals surface area contributed by atoms with Crippen molar-refractivity contribution in [3.05, 3.63) is 68.5 Å². The molecule has 0 N–H and O–H groups in total. The number of fused-ring (bicyclic) bond motifs is 2. The maximum atomic E-state index is 13.6. The molecule has 1 aliphatic carbocycles. The minimum atomic E-state index is -3.87. The van der Waals surface area contributed by atoms with Gasteiger partial charge in [0.2, 0.25) is 20.0 Å². The van der Waals surface area contributed by atoms with Crippen LogP contribution in [-0.4, -0.2) is 51.6 Å². The molecule has 0 spiro atoms. The lowest BCUT2D eigenvalue weighted by molar-refractivity contribution is 0.222.